The van der Waals surface area contributed by atoms with Gasteiger partial charge in [-0.05, 0) is 73.6 Å². The molecule has 5 aliphatic rings. The lowest BCUT2D eigenvalue weighted by Crippen LogP contribution is -2.41. The Morgan fingerprint density at radius 1 is 0.611 bits per heavy atom. The summed E-state index contributed by atoms with van der Waals surface area (Å²) in [4.78, 5) is 10.7. The van der Waals surface area contributed by atoms with Crippen LogP contribution >= 0.6 is 0 Å². The topological polar surface area (TPSA) is 43.2 Å². The standard InChI is InChI=1S/C32H38N2O2/c1-6-18-32(19-7-1,30-33-28(20-35-30)26-16-8-12-22-10-2-4-14-24(22)26)31-34-29(21-36-31)27-17-9-13-23-11-3-5-15-25(23)27/h2-5,10-11,14-15,26-29H,1,6-9,12-13,16-21H2/t26?,27?,28-,29-/m1/s1. The average Bonchev–Trinajstić information content (AvgIpc) is 3.64. The molecule has 36 heavy (non-hydrogen) atoms. The fraction of sp³-hybridized carbons (Fsp3) is 0.562. The van der Waals surface area contributed by atoms with E-state index in [4.69, 9.17) is 19.5 Å². The Balaban J connectivity index is 1.19. The third-order valence-electron chi connectivity index (χ3n) is 9.63. The predicted molar refractivity (Wildman–Crippen MR) is 144 cm³/mol. The Bertz CT molecular complexity index is 1090. The van der Waals surface area contributed by atoms with E-state index >= 15 is 0 Å². The number of hydrogen-bond donors (Lipinski definition) is 0. The molecule has 4 atom stereocenters. The first-order valence-corrected chi connectivity index (χ1v) is 14.4. The molecule has 0 radical (unpaired) electrons. The highest BCUT2D eigenvalue weighted by molar-refractivity contribution is 6.06. The van der Waals surface area contributed by atoms with Gasteiger partial charge in [0, 0.05) is 11.8 Å². The predicted octanol–water partition coefficient (Wildman–Crippen LogP) is 6.77. The van der Waals surface area contributed by atoms with Crippen LogP contribution in [0.15, 0.2) is 58.5 Å². The van der Waals surface area contributed by atoms with Gasteiger partial charge in [0.1, 0.15) is 18.6 Å². The van der Waals surface area contributed by atoms with Crippen LogP contribution in [0, 0.1) is 5.41 Å². The van der Waals surface area contributed by atoms with Crippen molar-refractivity contribution in [3.63, 3.8) is 0 Å². The molecule has 4 heteroatoms. The van der Waals surface area contributed by atoms with Gasteiger partial charge in [0.05, 0.1) is 12.1 Å². The normalized spacial score (nSPS) is 30.9. The van der Waals surface area contributed by atoms with E-state index in [-0.39, 0.29) is 17.5 Å². The van der Waals surface area contributed by atoms with Gasteiger partial charge in [-0.2, -0.15) is 0 Å². The van der Waals surface area contributed by atoms with E-state index in [1.54, 1.807) is 0 Å². The van der Waals surface area contributed by atoms with E-state index in [2.05, 4.69) is 48.5 Å². The molecule has 2 heterocycles. The molecule has 7 rings (SSSR count). The molecule has 188 valence electrons. The maximum atomic E-state index is 6.52. The summed E-state index contributed by atoms with van der Waals surface area (Å²) in [6.45, 7) is 1.39. The van der Waals surface area contributed by atoms with Crippen molar-refractivity contribution in [2.45, 2.75) is 94.5 Å². The average molecular weight is 483 g/mol. The summed E-state index contributed by atoms with van der Waals surface area (Å²) in [6.07, 6.45) is 13.0. The maximum absolute atomic E-state index is 6.52. The summed E-state index contributed by atoms with van der Waals surface area (Å²) in [5.41, 5.74) is 5.73. The molecule has 2 aliphatic heterocycles. The highest BCUT2D eigenvalue weighted by Gasteiger charge is 2.50. The molecule has 0 saturated heterocycles. The summed E-state index contributed by atoms with van der Waals surface area (Å²) < 4.78 is 13.0. The van der Waals surface area contributed by atoms with Gasteiger partial charge in [0.15, 0.2) is 11.8 Å². The number of rotatable bonds is 4. The molecule has 0 aromatic heterocycles. The summed E-state index contributed by atoms with van der Waals surface area (Å²) in [5, 5.41) is 0. The zero-order valence-corrected chi connectivity index (χ0v) is 21.3. The van der Waals surface area contributed by atoms with Crippen molar-refractivity contribution in [3.8, 4) is 0 Å². The number of hydrogen-bond acceptors (Lipinski definition) is 4. The minimum Gasteiger partial charge on any atom is -0.478 e. The fourth-order valence-corrected chi connectivity index (χ4v) is 7.77. The zero-order valence-electron chi connectivity index (χ0n) is 21.3. The molecule has 2 aromatic carbocycles. The quantitative estimate of drug-likeness (QED) is 0.482. The molecular formula is C32H38N2O2. The van der Waals surface area contributed by atoms with Gasteiger partial charge < -0.3 is 9.47 Å². The van der Waals surface area contributed by atoms with E-state index in [0.29, 0.717) is 25.0 Å². The Hall–Kier alpha value is -2.62. The van der Waals surface area contributed by atoms with Crippen molar-refractivity contribution in [3.05, 3.63) is 70.8 Å². The Labute approximate surface area is 215 Å². The molecule has 0 N–H and O–H groups in total. The van der Waals surface area contributed by atoms with Crippen LogP contribution in [0.1, 0.15) is 91.9 Å². The van der Waals surface area contributed by atoms with E-state index in [0.717, 1.165) is 24.6 Å². The summed E-state index contributed by atoms with van der Waals surface area (Å²) >= 11 is 0. The van der Waals surface area contributed by atoms with Gasteiger partial charge in [-0.25, -0.2) is 9.98 Å². The highest BCUT2D eigenvalue weighted by atomic mass is 16.5. The Morgan fingerprint density at radius 3 is 1.64 bits per heavy atom. The third kappa shape index (κ3) is 3.79. The minimum absolute atomic E-state index is 0.211. The lowest BCUT2D eigenvalue weighted by molar-refractivity contribution is 0.213. The summed E-state index contributed by atoms with van der Waals surface area (Å²) in [7, 11) is 0. The van der Waals surface area contributed by atoms with Gasteiger partial charge in [0.25, 0.3) is 0 Å². The van der Waals surface area contributed by atoms with Crippen LogP contribution < -0.4 is 0 Å². The van der Waals surface area contributed by atoms with Gasteiger partial charge in [-0.1, -0.05) is 67.8 Å². The fourth-order valence-electron chi connectivity index (χ4n) is 7.77. The number of ether oxygens (including phenoxy) is 2. The molecule has 1 fully saturated rings. The highest BCUT2D eigenvalue weighted by Crippen LogP contribution is 2.46. The number of aliphatic imine (C=N–C) groups is 2. The van der Waals surface area contributed by atoms with Crippen LogP contribution in [-0.2, 0) is 22.3 Å². The second-order valence-corrected chi connectivity index (χ2v) is 11.7. The second-order valence-electron chi connectivity index (χ2n) is 11.7. The summed E-state index contributed by atoms with van der Waals surface area (Å²) in [6, 6.07) is 18.4. The van der Waals surface area contributed by atoms with Crippen LogP contribution in [-0.4, -0.2) is 37.1 Å². The van der Waals surface area contributed by atoms with Crippen LogP contribution in [0.2, 0.25) is 0 Å². The zero-order chi connectivity index (χ0) is 24.0. The largest absolute Gasteiger partial charge is 0.478 e. The number of benzene rings is 2. The van der Waals surface area contributed by atoms with Crippen molar-refractivity contribution in [2.75, 3.05) is 13.2 Å². The minimum atomic E-state index is -0.260. The van der Waals surface area contributed by atoms with Crippen LogP contribution in [0.5, 0.6) is 0 Å². The van der Waals surface area contributed by atoms with Crippen LogP contribution in [0.25, 0.3) is 0 Å². The Kier molecular flexibility index (Phi) is 5.86. The van der Waals surface area contributed by atoms with Crippen molar-refractivity contribution in [1.82, 2.24) is 0 Å². The van der Waals surface area contributed by atoms with Crippen LogP contribution in [0.4, 0.5) is 0 Å². The molecule has 1 saturated carbocycles. The van der Waals surface area contributed by atoms with Crippen molar-refractivity contribution >= 4 is 11.8 Å². The molecule has 2 unspecified atom stereocenters. The van der Waals surface area contributed by atoms with E-state index in [9.17, 15) is 0 Å². The molecular weight excluding hydrogens is 444 g/mol. The van der Waals surface area contributed by atoms with E-state index in [1.807, 2.05) is 0 Å². The first kappa shape index (κ1) is 22.6. The van der Waals surface area contributed by atoms with Crippen molar-refractivity contribution in [2.24, 2.45) is 15.4 Å². The molecule has 0 spiro atoms. The number of nitrogens with zero attached hydrogens (tertiary/aromatic N) is 2. The maximum Gasteiger partial charge on any atom is 0.199 e. The van der Waals surface area contributed by atoms with Gasteiger partial charge in [-0.3, -0.25) is 0 Å². The first-order chi connectivity index (χ1) is 17.8. The van der Waals surface area contributed by atoms with Gasteiger partial charge >= 0.3 is 0 Å². The van der Waals surface area contributed by atoms with Crippen molar-refractivity contribution in [1.29, 1.82) is 0 Å². The number of fused-ring (bicyclic) bond motifs is 2. The monoisotopic (exact) mass is 482 g/mol. The van der Waals surface area contributed by atoms with Gasteiger partial charge in [-0.15, -0.1) is 0 Å². The third-order valence-corrected chi connectivity index (χ3v) is 9.63. The second kappa shape index (κ2) is 9.36. The SMILES string of the molecule is c1ccc2c(c1)CCCC2[C@H]1COC(C2(C3=N[C@@H](C4CCCc5ccccc54)CO3)CCCCC2)=N1. The number of aryl methyl sites for hydroxylation is 2. The van der Waals surface area contributed by atoms with Gasteiger partial charge in [0.2, 0.25) is 0 Å². The molecule has 2 aromatic rings. The lowest BCUT2D eigenvalue weighted by atomic mass is 9.73. The smallest absolute Gasteiger partial charge is 0.199 e. The van der Waals surface area contributed by atoms with Crippen molar-refractivity contribution < 1.29 is 9.47 Å². The summed E-state index contributed by atoms with van der Waals surface area (Å²) in [5.74, 6) is 2.79. The molecule has 0 bridgehead atoms. The molecule has 0 amide bonds. The lowest BCUT2D eigenvalue weighted by Gasteiger charge is -2.35. The van der Waals surface area contributed by atoms with E-state index in [1.165, 1.54) is 80.0 Å². The van der Waals surface area contributed by atoms with E-state index < -0.39 is 0 Å². The molecule has 3 aliphatic carbocycles. The molecule has 4 nitrogen and oxygen atoms in total. The first-order valence-electron chi connectivity index (χ1n) is 14.4. The Morgan fingerprint density at radius 2 is 1.11 bits per heavy atom. The van der Waals surface area contributed by atoms with Crippen LogP contribution in [0.3, 0.4) is 0 Å².